The minimum Gasteiger partial charge on any atom is -0.493 e. The second-order valence-electron chi connectivity index (χ2n) is 14.1. The molecule has 1 saturated carbocycles. The van der Waals surface area contributed by atoms with E-state index in [2.05, 4.69) is 32.0 Å². The molecular weight excluding hydrogens is 646 g/mol. The van der Waals surface area contributed by atoms with Gasteiger partial charge < -0.3 is 29.0 Å². The molecule has 1 aliphatic heterocycles. The van der Waals surface area contributed by atoms with Gasteiger partial charge in [0.2, 0.25) is 5.91 Å². The number of aliphatic carboxylic acids is 1. The van der Waals surface area contributed by atoms with Gasteiger partial charge in [0, 0.05) is 6.54 Å². The van der Waals surface area contributed by atoms with Crippen molar-refractivity contribution in [1.82, 2.24) is 4.90 Å². The predicted molar refractivity (Wildman–Crippen MR) is 196 cm³/mol. The van der Waals surface area contributed by atoms with Crippen LogP contribution in [-0.4, -0.2) is 61.3 Å². The summed E-state index contributed by atoms with van der Waals surface area (Å²) in [6.07, 6.45) is 7.91. The van der Waals surface area contributed by atoms with Gasteiger partial charge in [-0.25, -0.2) is 9.59 Å². The number of carbonyl (C=O) groups excluding carboxylic acids is 2. The summed E-state index contributed by atoms with van der Waals surface area (Å²) in [6, 6.07) is 16.7. The highest BCUT2D eigenvalue weighted by molar-refractivity contribution is 5.89. The van der Waals surface area contributed by atoms with Crippen LogP contribution in [0.25, 0.3) is 0 Å². The first-order chi connectivity index (χ1) is 24.6. The van der Waals surface area contributed by atoms with Crippen LogP contribution in [0.1, 0.15) is 103 Å². The Balaban J connectivity index is 1.44. The predicted octanol–water partition coefficient (Wildman–Crippen LogP) is 8.05. The third-order valence-corrected chi connectivity index (χ3v) is 10.6. The molecule has 0 aromatic heterocycles. The largest absolute Gasteiger partial charge is 0.493 e. The molecular formula is C42H53NO8. The number of nitrogens with zero attached hydrogens (tertiary/aromatic N) is 1. The Morgan fingerprint density at radius 2 is 1.59 bits per heavy atom. The molecule has 1 saturated heterocycles. The minimum atomic E-state index is -1.07. The zero-order valence-electron chi connectivity index (χ0n) is 30.7. The molecule has 0 spiro atoms. The number of aryl methyl sites for hydroxylation is 4. The first-order valence-electron chi connectivity index (χ1n) is 18.3. The van der Waals surface area contributed by atoms with Crippen molar-refractivity contribution in [2.75, 3.05) is 27.4 Å². The molecule has 3 aromatic carbocycles. The number of piperidine rings is 1. The van der Waals surface area contributed by atoms with Crippen molar-refractivity contribution in [2.24, 2.45) is 5.92 Å². The number of carboxylic acid groups (broad SMARTS) is 1. The van der Waals surface area contributed by atoms with Gasteiger partial charge in [0.1, 0.15) is 17.9 Å². The normalized spacial score (nSPS) is 17.7. The van der Waals surface area contributed by atoms with Gasteiger partial charge in [-0.1, -0.05) is 55.7 Å². The third-order valence-electron chi connectivity index (χ3n) is 10.6. The third kappa shape index (κ3) is 9.43. The molecule has 3 aromatic rings. The van der Waals surface area contributed by atoms with Crippen LogP contribution in [-0.2, 0) is 25.5 Å². The molecule has 3 atom stereocenters. The van der Waals surface area contributed by atoms with Crippen molar-refractivity contribution in [3.8, 4) is 17.2 Å². The van der Waals surface area contributed by atoms with Crippen molar-refractivity contribution in [3.05, 3.63) is 88.0 Å². The lowest BCUT2D eigenvalue weighted by molar-refractivity contribution is -0.163. The molecule has 2 aliphatic rings. The lowest BCUT2D eigenvalue weighted by Crippen LogP contribution is -2.51. The maximum Gasteiger partial charge on any atom is 0.341 e. The number of rotatable bonds is 14. The number of methoxy groups -OCH3 is 2. The number of carbonyl (C=O) groups is 3. The number of amides is 1. The Kier molecular flexibility index (Phi) is 13.0. The average molecular weight is 700 g/mol. The maximum absolute atomic E-state index is 14.9. The minimum absolute atomic E-state index is 0.0362. The molecule has 0 bridgehead atoms. The van der Waals surface area contributed by atoms with E-state index in [1.165, 1.54) is 11.1 Å². The van der Waals surface area contributed by atoms with Crippen LogP contribution in [0.5, 0.6) is 17.2 Å². The Morgan fingerprint density at radius 3 is 2.29 bits per heavy atom. The Labute approximate surface area is 302 Å². The number of hydrogen-bond donors (Lipinski definition) is 1. The van der Waals surface area contributed by atoms with Crippen LogP contribution >= 0.6 is 0 Å². The number of carboxylic acids is 1. The number of likely N-dealkylation sites (tertiary alicyclic amines) is 1. The van der Waals surface area contributed by atoms with E-state index in [-0.39, 0.29) is 11.8 Å². The fraction of sp³-hybridized carbons (Fsp3) is 0.500. The van der Waals surface area contributed by atoms with Crippen molar-refractivity contribution >= 4 is 17.8 Å². The van der Waals surface area contributed by atoms with Gasteiger partial charge in [-0.05, 0) is 123 Å². The number of hydrogen-bond acceptors (Lipinski definition) is 7. The van der Waals surface area contributed by atoms with Crippen molar-refractivity contribution in [1.29, 1.82) is 0 Å². The molecule has 274 valence electrons. The van der Waals surface area contributed by atoms with Gasteiger partial charge in [0.05, 0.1) is 20.1 Å². The summed E-state index contributed by atoms with van der Waals surface area (Å²) in [7, 11) is 3.23. The molecule has 1 heterocycles. The van der Waals surface area contributed by atoms with Gasteiger partial charge >= 0.3 is 11.9 Å². The van der Waals surface area contributed by atoms with Crippen molar-refractivity contribution in [3.63, 3.8) is 0 Å². The maximum atomic E-state index is 14.9. The van der Waals surface area contributed by atoms with Gasteiger partial charge in [0.25, 0.3) is 0 Å². The SMILES string of the molecule is COc1cc([C@@H](C(=O)N2CCCC[C@H]2C(=O)OC(CCc2ccc(C)c(C)c2)c2cccc(OCC(=O)O)c2)C2CCCCC2)cc(C)c1OC. The Morgan fingerprint density at radius 1 is 0.824 bits per heavy atom. The second kappa shape index (κ2) is 17.6. The highest BCUT2D eigenvalue weighted by Crippen LogP contribution is 2.42. The molecule has 1 unspecified atom stereocenters. The summed E-state index contributed by atoms with van der Waals surface area (Å²) in [5.74, 6) is -0.159. The van der Waals surface area contributed by atoms with E-state index in [1.54, 1.807) is 37.3 Å². The topological polar surface area (TPSA) is 112 Å². The van der Waals surface area contributed by atoms with E-state index in [0.717, 1.165) is 61.6 Å². The van der Waals surface area contributed by atoms with E-state index >= 15 is 0 Å². The monoisotopic (exact) mass is 699 g/mol. The van der Waals surface area contributed by atoms with E-state index in [1.807, 2.05) is 25.1 Å². The Bertz CT molecular complexity index is 1680. The van der Waals surface area contributed by atoms with Crippen molar-refractivity contribution < 1.29 is 38.4 Å². The summed E-state index contributed by atoms with van der Waals surface area (Å²) < 4.78 is 23.2. The summed E-state index contributed by atoms with van der Waals surface area (Å²) in [5, 5.41) is 9.16. The van der Waals surface area contributed by atoms with Gasteiger partial charge in [-0.3, -0.25) is 4.79 Å². The lowest BCUT2D eigenvalue weighted by Gasteiger charge is -2.40. The smallest absolute Gasteiger partial charge is 0.341 e. The second-order valence-corrected chi connectivity index (χ2v) is 14.1. The van der Waals surface area contributed by atoms with Crippen molar-refractivity contribution in [2.45, 2.75) is 103 Å². The lowest BCUT2D eigenvalue weighted by atomic mass is 9.75. The quantitative estimate of drug-likeness (QED) is 0.168. The zero-order valence-corrected chi connectivity index (χ0v) is 30.7. The standard InChI is InChI=1S/C42H53NO8/c1-27-17-18-30(22-28(27)2)19-20-36(32-14-11-15-34(24-32)50-26-38(44)45)51-42(47)35-16-9-10-21-43(35)41(46)39(31-12-7-6-8-13-31)33-23-29(3)40(49-5)37(25-33)48-4/h11,14-15,17-18,22-25,31,35-36,39H,6-10,12-13,16,19-21,26H2,1-5H3,(H,44,45)/t35-,36?,39-/m0/s1. The number of ether oxygens (including phenoxy) is 4. The van der Waals surface area contributed by atoms with Crippen LogP contribution in [0.2, 0.25) is 0 Å². The van der Waals surface area contributed by atoms with E-state index in [9.17, 15) is 14.4 Å². The molecule has 1 aliphatic carbocycles. The molecule has 2 fully saturated rings. The molecule has 5 rings (SSSR count). The summed E-state index contributed by atoms with van der Waals surface area (Å²) >= 11 is 0. The first kappa shape index (κ1) is 37.7. The van der Waals surface area contributed by atoms with Gasteiger partial charge in [0.15, 0.2) is 18.1 Å². The fourth-order valence-electron chi connectivity index (χ4n) is 7.78. The van der Waals surface area contributed by atoms with Crippen LogP contribution < -0.4 is 14.2 Å². The fourth-order valence-corrected chi connectivity index (χ4v) is 7.78. The average Bonchev–Trinajstić information content (AvgIpc) is 3.14. The van der Waals surface area contributed by atoms with E-state index < -0.39 is 36.6 Å². The van der Waals surface area contributed by atoms with Crippen LogP contribution in [0.15, 0.2) is 54.6 Å². The van der Waals surface area contributed by atoms with Crippen LogP contribution in [0, 0.1) is 26.7 Å². The molecule has 1 N–H and O–H groups in total. The van der Waals surface area contributed by atoms with Gasteiger partial charge in [-0.2, -0.15) is 0 Å². The molecule has 9 nitrogen and oxygen atoms in total. The summed E-state index contributed by atoms with van der Waals surface area (Å²) in [6.45, 7) is 6.14. The Hall–Kier alpha value is -4.53. The molecule has 9 heteroatoms. The van der Waals surface area contributed by atoms with Crippen LogP contribution in [0.4, 0.5) is 0 Å². The first-order valence-corrected chi connectivity index (χ1v) is 18.3. The molecule has 0 radical (unpaired) electrons. The molecule has 1 amide bonds. The number of benzene rings is 3. The molecule has 51 heavy (non-hydrogen) atoms. The summed E-state index contributed by atoms with van der Waals surface area (Å²) in [5.41, 5.74) is 6.04. The van der Waals surface area contributed by atoms with Crippen LogP contribution in [0.3, 0.4) is 0 Å². The van der Waals surface area contributed by atoms with Gasteiger partial charge in [-0.15, -0.1) is 0 Å². The number of esters is 1. The highest BCUT2D eigenvalue weighted by atomic mass is 16.5. The zero-order chi connectivity index (χ0) is 36.5. The highest BCUT2D eigenvalue weighted by Gasteiger charge is 2.41. The van der Waals surface area contributed by atoms with E-state index in [4.69, 9.17) is 24.1 Å². The summed E-state index contributed by atoms with van der Waals surface area (Å²) in [4.78, 5) is 42.1. The van der Waals surface area contributed by atoms with E-state index in [0.29, 0.717) is 48.6 Å².